The zero-order valence-corrected chi connectivity index (χ0v) is 17.4. The molecule has 3 aromatic rings. The molecule has 1 aromatic heterocycles. The van der Waals surface area contributed by atoms with Gasteiger partial charge in [-0.2, -0.15) is 0 Å². The van der Waals surface area contributed by atoms with Gasteiger partial charge in [-0.15, -0.1) is 0 Å². The number of carbonyl (C=O) groups excluding carboxylic acids is 2. The maximum absolute atomic E-state index is 13.9. The van der Waals surface area contributed by atoms with E-state index in [4.69, 9.17) is 13.9 Å². The zero-order chi connectivity index (χ0) is 22.8. The van der Waals surface area contributed by atoms with Crippen LogP contribution in [0.25, 0.3) is 5.76 Å². The number of methoxy groups -OCH3 is 2. The van der Waals surface area contributed by atoms with Crippen molar-refractivity contribution < 1.29 is 33.0 Å². The third-order valence-electron chi connectivity index (χ3n) is 5.28. The van der Waals surface area contributed by atoms with E-state index in [1.165, 1.54) is 30.4 Å². The molecule has 1 amide bonds. The molecule has 0 radical (unpaired) electrons. The first-order valence-electron chi connectivity index (χ1n) is 9.73. The number of furan rings is 1. The molecule has 4 rings (SSSR count). The molecule has 0 spiro atoms. The molecule has 2 heterocycles. The van der Waals surface area contributed by atoms with Crippen LogP contribution in [0.3, 0.4) is 0 Å². The SMILES string of the molecule is COc1ccc(CN2C(=O)C(=O)/C(=C(\O)c3cc(F)ccc3OC)C2c2ccco2)cc1. The lowest BCUT2D eigenvalue weighted by molar-refractivity contribution is -0.140. The van der Waals surface area contributed by atoms with E-state index in [-0.39, 0.29) is 29.2 Å². The number of aliphatic hydroxyl groups is 1. The first-order chi connectivity index (χ1) is 15.4. The van der Waals surface area contributed by atoms with Gasteiger partial charge in [0.1, 0.15) is 34.9 Å². The first kappa shape index (κ1) is 21.2. The van der Waals surface area contributed by atoms with Crippen LogP contribution < -0.4 is 9.47 Å². The van der Waals surface area contributed by atoms with Gasteiger partial charge in [0.25, 0.3) is 11.7 Å². The van der Waals surface area contributed by atoms with Gasteiger partial charge in [-0.1, -0.05) is 12.1 Å². The number of aliphatic hydroxyl groups excluding tert-OH is 1. The van der Waals surface area contributed by atoms with Gasteiger partial charge in [0, 0.05) is 6.54 Å². The van der Waals surface area contributed by atoms with E-state index in [2.05, 4.69) is 0 Å². The molecule has 1 fully saturated rings. The van der Waals surface area contributed by atoms with Crippen molar-refractivity contribution in [2.45, 2.75) is 12.6 Å². The van der Waals surface area contributed by atoms with Gasteiger partial charge in [-0.25, -0.2) is 4.39 Å². The lowest BCUT2D eigenvalue weighted by atomic mass is 9.98. The van der Waals surface area contributed by atoms with E-state index >= 15 is 0 Å². The van der Waals surface area contributed by atoms with Crippen molar-refractivity contribution in [3.63, 3.8) is 0 Å². The second kappa shape index (κ2) is 8.58. The average Bonchev–Trinajstić information content (AvgIpc) is 3.42. The number of Topliss-reactive ketones (excluding diaryl/α,β-unsaturated/α-hetero) is 1. The fourth-order valence-corrected chi connectivity index (χ4v) is 3.72. The number of rotatable bonds is 6. The highest BCUT2D eigenvalue weighted by atomic mass is 19.1. The molecule has 0 aliphatic carbocycles. The summed E-state index contributed by atoms with van der Waals surface area (Å²) in [6.07, 6.45) is 1.41. The maximum atomic E-state index is 13.9. The number of carbonyl (C=O) groups is 2. The number of ketones is 1. The average molecular weight is 437 g/mol. The minimum absolute atomic E-state index is 0.0356. The Kier molecular flexibility index (Phi) is 5.68. The van der Waals surface area contributed by atoms with E-state index in [0.29, 0.717) is 5.75 Å². The van der Waals surface area contributed by atoms with E-state index in [1.54, 1.807) is 43.5 Å². The zero-order valence-electron chi connectivity index (χ0n) is 17.4. The second-order valence-electron chi connectivity index (χ2n) is 7.14. The summed E-state index contributed by atoms with van der Waals surface area (Å²) in [5.41, 5.74) is 0.501. The largest absolute Gasteiger partial charge is 0.507 e. The summed E-state index contributed by atoms with van der Waals surface area (Å²) in [6, 6.07) is 12.8. The van der Waals surface area contributed by atoms with Crippen molar-refractivity contribution >= 4 is 17.4 Å². The summed E-state index contributed by atoms with van der Waals surface area (Å²) >= 11 is 0. The molecule has 0 saturated carbocycles. The van der Waals surface area contributed by atoms with Crippen LogP contribution in [0.2, 0.25) is 0 Å². The minimum Gasteiger partial charge on any atom is -0.507 e. The van der Waals surface area contributed by atoms with Gasteiger partial charge in [-0.05, 0) is 48.0 Å². The second-order valence-corrected chi connectivity index (χ2v) is 7.14. The standard InChI is InChI=1S/C24H20FNO6/c1-30-16-8-5-14(6-9-16)13-26-21(19-4-3-11-32-19)20(23(28)24(26)29)22(27)17-12-15(25)7-10-18(17)31-2/h3-12,21,27H,13H2,1-2H3/b22-20-. The molecular formula is C24H20FNO6. The van der Waals surface area contributed by atoms with Crippen molar-refractivity contribution in [1.82, 2.24) is 4.90 Å². The van der Waals surface area contributed by atoms with Crippen molar-refractivity contribution in [3.8, 4) is 11.5 Å². The monoisotopic (exact) mass is 437 g/mol. The van der Waals surface area contributed by atoms with Gasteiger partial charge in [0.15, 0.2) is 0 Å². The Morgan fingerprint density at radius 2 is 1.84 bits per heavy atom. The molecule has 1 saturated heterocycles. The fourth-order valence-electron chi connectivity index (χ4n) is 3.72. The minimum atomic E-state index is -1.000. The smallest absolute Gasteiger partial charge is 0.296 e. The van der Waals surface area contributed by atoms with Crippen LogP contribution in [-0.4, -0.2) is 35.9 Å². The molecule has 32 heavy (non-hydrogen) atoms. The Labute approximate surface area is 183 Å². The van der Waals surface area contributed by atoms with Gasteiger partial charge in [-0.3, -0.25) is 9.59 Å². The van der Waals surface area contributed by atoms with Gasteiger partial charge in [0.05, 0.1) is 31.6 Å². The Bertz CT molecular complexity index is 1180. The third-order valence-corrected chi connectivity index (χ3v) is 5.28. The Balaban J connectivity index is 1.83. The number of nitrogens with zero attached hydrogens (tertiary/aromatic N) is 1. The number of likely N-dealkylation sites (tertiary alicyclic amines) is 1. The van der Waals surface area contributed by atoms with Crippen LogP contribution in [0.15, 0.2) is 70.9 Å². The molecule has 7 nitrogen and oxygen atoms in total. The van der Waals surface area contributed by atoms with Gasteiger partial charge >= 0.3 is 0 Å². The molecule has 1 aliphatic rings. The molecule has 1 N–H and O–H groups in total. The van der Waals surface area contributed by atoms with Crippen molar-refractivity contribution in [2.75, 3.05) is 14.2 Å². The summed E-state index contributed by atoms with van der Waals surface area (Å²) in [5, 5.41) is 11.0. The highest BCUT2D eigenvalue weighted by molar-refractivity contribution is 6.46. The van der Waals surface area contributed by atoms with E-state index in [9.17, 15) is 19.1 Å². The summed E-state index contributed by atoms with van der Waals surface area (Å²) in [4.78, 5) is 27.3. The number of hydrogen-bond acceptors (Lipinski definition) is 6. The van der Waals surface area contributed by atoms with Crippen LogP contribution in [0.5, 0.6) is 11.5 Å². The molecule has 1 atom stereocenters. The van der Waals surface area contributed by atoms with E-state index in [1.807, 2.05) is 0 Å². The van der Waals surface area contributed by atoms with Crippen molar-refractivity contribution in [1.29, 1.82) is 0 Å². The Hall–Kier alpha value is -4.07. The molecular weight excluding hydrogens is 417 g/mol. The van der Waals surface area contributed by atoms with Crippen molar-refractivity contribution in [3.05, 3.63) is 89.1 Å². The number of hydrogen-bond donors (Lipinski definition) is 1. The maximum Gasteiger partial charge on any atom is 0.296 e. The summed E-state index contributed by atoms with van der Waals surface area (Å²) in [7, 11) is 2.90. The molecule has 2 aromatic carbocycles. The Morgan fingerprint density at radius 3 is 2.47 bits per heavy atom. The summed E-state index contributed by atoms with van der Waals surface area (Å²) in [6.45, 7) is 0.0804. The summed E-state index contributed by atoms with van der Waals surface area (Å²) in [5.74, 6) is -1.79. The highest BCUT2D eigenvalue weighted by Gasteiger charge is 2.47. The van der Waals surface area contributed by atoms with Crippen LogP contribution >= 0.6 is 0 Å². The van der Waals surface area contributed by atoms with E-state index < -0.39 is 29.3 Å². The predicted octanol–water partition coefficient (Wildman–Crippen LogP) is 4.06. The molecule has 1 aliphatic heterocycles. The molecule has 1 unspecified atom stereocenters. The van der Waals surface area contributed by atoms with Gasteiger partial charge in [0.2, 0.25) is 0 Å². The molecule has 164 valence electrons. The Morgan fingerprint density at radius 1 is 1.09 bits per heavy atom. The van der Waals surface area contributed by atoms with Crippen molar-refractivity contribution in [2.24, 2.45) is 0 Å². The van der Waals surface area contributed by atoms with Crippen LogP contribution in [-0.2, 0) is 16.1 Å². The topological polar surface area (TPSA) is 89.2 Å². The fraction of sp³-hybridized carbons (Fsp3) is 0.167. The molecule has 8 heteroatoms. The lowest BCUT2D eigenvalue weighted by Gasteiger charge is -2.23. The summed E-state index contributed by atoms with van der Waals surface area (Å²) < 4.78 is 29.8. The quantitative estimate of drug-likeness (QED) is 0.355. The normalized spacial score (nSPS) is 17.6. The number of amides is 1. The van der Waals surface area contributed by atoms with Crippen LogP contribution in [0.1, 0.15) is 22.9 Å². The third kappa shape index (κ3) is 3.71. The van der Waals surface area contributed by atoms with E-state index in [0.717, 1.165) is 11.6 Å². The predicted molar refractivity (Wildman–Crippen MR) is 113 cm³/mol. The number of halogens is 1. The highest BCUT2D eigenvalue weighted by Crippen LogP contribution is 2.42. The van der Waals surface area contributed by atoms with Crippen LogP contribution in [0.4, 0.5) is 4.39 Å². The number of benzene rings is 2. The first-order valence-corrected chi connectivity index (χ1v) is 9.73. The van der Waals surface area contributed by atoms with Crippen LogP contribution in [0, 0.1) is 5.82 Å². The molecule has 0 bridgehead atoms. The van der Waals surface area contributed by atoms with Gasteiger partial charge < -0.3 is 23.9 Å². The number of ether oxygens (including phenoxy) is 2. The lowest BCUT2D eigenvalue weighted by Crippen LogP contribution is -2.29.